The number of hydrogen-bond acceptors (Lipinski definition) is 5. The molecular formula is C18H17N5O. The van der Waals surface area contributed by atoms with Crippen molar-refractivity contribution in [1.29, 1.82) is 0 Å². The minimum Gasteiger partial charge on any atom is -0.330 e. The smallest absolute Gasteiger partial charge is 0.297 e. The Morgan fingerprint density at radius 2 is 1.83 bits per heavy atom. The number of aryl methyl sites for hydroxylation is 1. The first-order valence-electron chi connectivity index (χ1n) is 7.73. The van der Waals surface area contributed by atoms with E-state index in [1.165, 1.54) is 10.8 Å². The fraction of sp³-hybridized carbons (Fsp3) is 0.222. The van der Waals surface area contributed by atoms with Gasteiger partial charge < -0.3 is 4.52 Å². The average Bonchev–Trinajstić information content (AvgIpc) is 3.23. The molecule has 0 fully saturated rings. The van der Waals surface area contributed by atoms with E-state index in [0.29, 0.717) is 17.5 Å². The first-order valence-corrected chi connectivity index (χ1v) is 7.73. The van der Waals surface area contributed by atoms with E-state index in [-0.39, 0.29) is 5.41 Å². The summed E-state index contributed by atoms with van der Waals surface area (Å²) in [4.78, 5) is 8.66. The zero-order valence-corrected chi connectivity index (χ0v) is 13.8. The zero-order chi connectivity index (χ0) is 16.7. The lowest BCUT2D eigenvalue weighted by Gasteiger charge is -2.21. The average molecular weight is 319 g/mol. The molecule has 0 atom stereocenters. The van der Waals surface area contributed by atoms with Gasteiger partial charge in [0.2, 0.25) is 5.82 Å². The highest BCUT2D eigenvalue weighted by Gasteiger charge is 2.30. The summed E-state index contributed by atoms with van der Waals surface area (Å²) in [5, 5.41) is 10.8. The van der Waals surface area contributed by atoms with Crippen LogP contribution < -0.4 is 0 Å². The van der Waals surface area contributed by atoms with Gasteiger partial charge in [-0.2, -0.15) is 4.98 Å². The Morgan fingerprint density at radius 3 is 2.58 bits per heavy atom. The summed E-state index contributed by atoms with van der Waals surface area (Å²) in [6.45, 7) is 4.16. The molecule has 0 radical (unpaired) electrons. The Bertz CT molecular complexity index is 1010. The Balaban J connectivity index is 1.74. The van der Waals surface area contributed by atoms with Crippen molar-refractivity contribution in [2.45, 2.75) is 19.3 Å². The summed E-state index contributed by atoms with van der Waals surface area (Å²) in [7, 11) is 1.80. The molecule has 2 heterocycles. The maximum atomic E-state index is 5.36. The van der Waals surface area contributed by atoms with Gasteiger partial charge in [-0.25, -0.2) is 4.98 Å². The third-order valence-corrected chi connectivity index (χ3v) is 4.25. The second-order valence-corrected chi connectivity index (χ2v) is 6.35. The molecule has 6 nitrogen and oxygen atoms in total. The van der Waals surface area contributed by atoms with Crippen molar-refractivity contribution >= 4 is 10.8 Å². The fourth-order valence-electron chi connectivity index (χ4n) is 2.71. The van der Waals surface area contributed by atoms with Crippen LogP contribution in [-0.4, -0.2) is 24.9 Å². The third kappa shape index (κ3) is 2.36. The maximum absolute atomic E-state index is 5.36. The lowest BCUT2D eigenvalue weighted by Crippen LogP contribution is -2.20. The molecule has 6 heteroatoms. The largest absolute Gasteiger partial charge is 0.330 e. The highest BCUT2D eigenvalue weighted by Crippen LogP contribution is 2.32. The van der Waals surface area contributed by atoms with Crippen LogP contribution in [0.15, 0.2) is 53.3 Å². The van der Waals surface area contributed by atoms with Crippen LogP contribution in [0.1, 0.15) is 25.2 Å². The van der Waals surface area contributed by atoms with Crippen LogP contribution in [0.5, 0.6) is 0 Å². The van der Waals surface area contributed by atoms with Crippen LogP contribution in [0.25, 0.3) is 22.5 Å². The van der Waals surface area contributed by atoms with Crippen molar-refractivity contribution in [3.8, 4) is 11.7 Å². The van der Waals surface area contributed by atoms with Crippen LogP contribution in [0.2, 0.25) is 0 Å². The van der Waals surface area contributed by atoms with E-state index in [2.05, 4.69) is 64.4 Å². The Hall–Kier alpha value is -3.02. The van der Waals surface area contributed by atoms with E-state index in [1.54, 1.807) is 18.1 Å². The lowest BCUT2D eigenvalue weighted by atomic mass is 9.83. The molecule has 0 unspecified atom stereocenters. The summed E-state index contributed by atoms with van der Waals surface area (Å²) in [6.07, 6.45) is 1.60. The van der Waals surface area contributed by atoms with Crippen LogP contribution >= 0.6 is 0 Å². The number of rotatable bonds is 3. The number of hydrogen-bond donors (Lipinski definition) is 0. The van der Waals surface area contributed by atoms with Crippen LogP contribution in [0.4, 0.5) is 0 Å². The Morgan fingerprint density at radius 1 is 1.04 bits per heavy atom. The molecule has 0 N–H and O–H groups in total. The van der Waals surface area contributed by atoms with Gasteiger partial charge in [0.1, 0.15) is 6.33 Å². The predicted molar refractivity (Wildman–Crippen MR) is 90.4 cm³/mol. The van der Waals surface area contributed by atoms with Gasteiger partial charge in [-0.05, 0) is 30.2 Å². The van der Waals surface area contributed by atoms with E-state index in [0.717, 1.165) is 5.56 Å². The number of benzene rings is 2. The molecule has 0 saturated carbocycles. The number of aromatic nitrogens is 5. The van der Waals surface area contributed by atoms with Gasteiger partial charge in [-0.15, -0.1) is 5.10 Å². The molecular weight excluding hydrogens is 302 g/mol. The summed E-state index contributed by atoms with van der Waals surface area (Å²) in [5.74, 6) is 1.38. The van der Waals surface area contributed by atoms with Gasteiger partial charge >= 0.3 is 0 Å². The molecule has 0 saturated heterocycles. The van der Waals surface area contributed by atoms with Crippen molar-refractivity contribution in [2.75, 3.05) is 0 Å². The number of nitrogens with zero attached hydrogens (tertiary/aromatic N) is 5. The van der Waals surface area contributed by atoms with Gasteiger partial charge in [-0.3, -0.25) is 4.68 Å². The minimum atomic E-state index is -0.388. The summed E-state index contributed by atoms with van der Waals surface area (Å²) < 4.78 is 6.96. The van der Waals surface area contributed by atoms with E-state index in [9.17, 15) is 0 Å². The molecule has 2 aromatic heterocycles. The topological polar surface area (TPSA) is 69.6 Å². The molecule has 0 aliphatic carbocycles. The van der Waals surface area contributed by atoms with E-state index in [1.807, 2.05) is 12.1 Å². The molecule has 4 rings (SSSR count). The van der Waals surface area contributed by atoms with Crippen LogP contribution in [0.3, 0.4) is 0 Å². The zero-order valence-electron chi connectivity index (χ0n) is 13.8. The second-order valence-electron chi connectivity index (χ2n) is 6.35. The molecule has 24 heavy (non-hydrogen) atoms. The van der Waals surface area contributed by atoms with Crippen LogP contribution in [0, 0.1) is 0 Å². The van der Waals surface area contributed by atoms with E-state index < -0.39 is 0 Å². The summed E-state index contributed by atoms with van der Waals surface area (Å²) in [5.41, 5.74) is 0.739. The van der Waals surface area contributed by atoms with E-state index >= 15 is 0 Å². The predicted octanol–water partition coefficient (Wildman–Crippen LogP) is 3.34. The third-order valence-electron chi connectivity index (χ3n) is 4.25. The molecule has 4 aromatic rings. The lowest BCUT2D eigenvalue weighted by molar-refractivity contribution is 0.406. The van der Waals surface area contributed by atoms with Gasteiger partial charge in [0.05, 0.1) is 5.41 Å². The highest BCUT2D eigenvalue weighted by atomic mass is 16.5. The minimum absolute atomic E-state index is 0.333. The molecule has 120 valence electrons. The van der Waals surface area contributed by atoms with Crippen molar-refractivity contribution in [2.24, 2.45) is 7.05 Å². The standard InChI is InChI=1S/C18H17N5O/c1-18(2,14-9-8-12-6-4-5-7-13(12)10-14)17-20-16(24-22-17)15-19-11-23(3)21-15/h4-11H,1-3H3. The second kappa shape index (κ2) is 5.26. The molecule has 0 bridgehead atoms. The van der Waals surface area contributed by atoms with Gasteiger partial charge in [0.15, 0.2) is 5.82 Å². The molecule has 0 spiro atoms. The Kier molecular flexibility index (Phi) is 3.19. The normalized spacial score (nSPS) is 12.0. The summed E-state index contributed by atoms with van der Waals surface area (Å²) >= 11 is 0. The van der Waals surface area contributed by atoms with E-state index in [4.69, 9.17) is 4.52 Å². The van der Waals surface area contributed by atoms with Gasteiger partial charge in [0, 0.05) is 7.05 Å². The monoisotopic (exact) mass is 319 g/mol. The fourth-order valence-corrected chi connectivity index (χ4v) is 2.71. The molecule has 0 aliphatic heterocycles. The van der Waals surface area contributed by atoms with Gasteiger partial charge in [0.25, 0.3) is 5.89 Å². The molecule has 2 aromatic carbocycles. The quantitative estimate of drug-likeness (QED) is 0.579. The molecule has 0 amide bonds. The van der Waals surface area contributed by atoms with Crippen molar-refractivity contribution in [3.05, 3.63) is 60.2 Å². The first-order chi connectivity index (χ1) is 11.5. The Labute approximate surface area is 139 Å². The van der Waals surface area contributed by atoms with Crippen molar-refractivity contribution < 1.29 is 4.52 Å². The van der Waals surface area contributed by atoms with Crippen LogP contribution in [-0.2, 0) is 12.5 Å². The first kappa shape index (κ1) is 14.6. The SMILES string of the molecule is Cn1cnc(-c2nc(C(C)(C)c3ccc4ccccc4c3)no2)n1. The van der Waals surface area contributed by atoms with Crippen molar-refractivity contribution in [3.63, 3.8) is 0 Å². The summed E-state index contributed by atoms with van der Waals surface area (Å²) in [6, 6.07) is 14.7. The van der Waals surface area contributed by atoms with Crippen molar-refractivity contribution in [1.82, 2.24) is 24.9 Å². The van der Waals surface area contributed by atoms with Gasteiger partial charge in [-0.1, -0.05) is 47.6 Å². The maximum Gasteiger partial charge on any atom is 0.297 e. The highest BCUT2D eigenvalue weighted by molar-refractivity contribution is 5.83. The molecule has 0 aliphatic rings. The number of fused-ring (bicyclic) bond motifs is 1.